The molecule has 4 heteroatoms. The van der Waals surface area contributed by atoms with E-state index in [1.807, 2.05) is 12.1 Å². The minimum Gasteiger partial charge on any atom is -0.496 e. The van der Waals surface area contributed by atoms with Gasteiger partial charge in [0, 0.05) is 16.6 Å². The maximum atomic E-state index is 5.90. The van der Waals surface area contributed by atoms with Crippen molar-refractivity contribution < 1.29 is 9.47 Å². The van der Waals surface area contributed by atoms with Crippen LogP contribution in [0.15, 0.2) is 22.7 Å². The third-order valence-corrected chi connectivity index (χ3v) is 3.46. The van der Waals surface area contributed by atoms with Gasteiger partial charge in [0.2, 0.25) is 0 Å². The molecule has 1 aliphatic rings. The lowest BCUT2D eigenvalue weighted by molar-refractivity contribution is 0.0244. The zero-order chi connectivity index (χ0) is 12.1. The highest BCUT2D eigenvalue weighted by Crippen LogP contribution is 2.24. The molecule has 0 spiro atoms. The molecule has 3 nitrogen and oxygen atoms in total. The van der Waals surface area contributed by atoms with Crippen molar-refractivity contribution in [3.05, 3.63) is 28.2 Å². The fourth-order valence-electron chi connectivity index (χ4n) is 2.03. The van der Waals surface area contributed by atoms with Crippen LogP contribution in [0.3, 0.4) is 0 Å². The third-order valence-electron chi connectivity index (χ3n) is 2.97. The summed E-state index contributed by atoms with van der Waals surface area (Å²) in [5.74, 6) is 0.886. The molecule has 0 unspecified atom stereocenters. The van der Waals surface area contributed by atoms with E-state index in [0.29, 0.717) is 12.7 Å². The molecule has 1 atom stereocenters. The molecule has 1 aliphatic heterocycles. The molecule has 1 heterocycles. The van der Waals surface area contributed by atoms with Crippen molar-refractivity contribution in [1.29, 1.82) is 0 Å². The average Bonchev–Trinajstić information content (AvgIpc) is 2.38. The van der Waals surface area contributed by atoms with E-state index in [-0.39, 0.29) is 0 Å². The first-order chi connectivity index (χ1) is 8.29. The molecule has 17 heavy (non-hydrogen) atoms. The van der Waals surface area contributed by atoms with Crippen LogP contribution >= 0.6 is 15.9 Å². The van der Waals surface area contributed by atoms with Crippen LogP contribution in [0.5, 0.6) is 5.75 Å². The van der Waals surface area contributed by atoms with E-state index >= 15 is 0 Å². The summed E-state index contributed by atoms with van der Waals surface area (Å²) in [4.78, 5) is 0. The van der Waals surface area contributed by atoms with Gasteiger partial charge in [0.1, 0.15) is 5.75 Å². The molecule has 1 fully saturated rings. The first-order valence-electron chi connectivity index (χ1n) is 5.94. The van der Waals surface area contributed by atoms with E-state index < -0.39 is 0 Å². The Labute approximate surface area is 111 Å². The number of ether oxygens (including phenoxy) is 2. The molecular weight excluding hydrogens is 282 g/mol. The molecule has 1 N–H and O–H groups in total. The largest absolute Gasteiger partial charge is 0.496 e. The number of piperidine rings is 1. The number of hydrogen-bond donors (Lipinski definition) is 1. The molecule has 0 aliphatic carbocycles. The second-order valence-corrected chi connectivity index (χ2v) is 5.15. The molecular formula is C13H18BrNO2. The van der Waals surface area contributed by atoms with Crippen LogP contribution in [0, 0.1) is 0 Å². The molecule has 1 saturated heterocycles. The number of hydrogen-bond acceptors (Lipinski definition) is 3. The van der Waals surface area contributed by atoms with E-state index in [4.69, 9.17) is 9.47 Å². The summed E-state index contributed by atoms with van der Waals surface area (Å²) >= 11 is 3.47. The predicted molar refractivity (Wildman–Crippen MR) is 71.4 cm³/mol. The van der Waals surface area contributed by atoms with Crippen LogP contribution in [0.1, 0.15) is 18.4 Å². The van der Waals surface area contributed by atoms with Gasteiger partial charge in [0.25, 0.3) is 0 Å². The first-order valence-corrected chi connectivity index (χ1v) is 6.73. The minimum atomic E-state index is 0.326. The van der Waals surface area contributed by atoms with Gasteiger partial charge < -0.3 is 14.8 Å². The second-order valence-electron chi connectivity index (χ2n) is 4.24. The lowest BCUT2D eigenvalue weighted by atomic mass is 10.1. The van der Waals surface area contributed by atoms with Crippen molar-refractivity contribution in [3.63, 3.8) is 0 Å². The van der Waals surface area contributed by atoms with Crippen molar-refractivity contribution in [3.8, 4) is 5.75 Å². The summed E-state index contributed by atoms with van der Waals surface area (Å²) in [6.45, 7) is 2.67. The molecule has 1 aromatic carbocycles. The molecule has 0 bridgehead atoms. The lowest BCUT2D eigenvalue weighted by Gasteiger charge is -2.23. The van der Waals surface area contributed by atoms with Crippen LogP contribution < -0.4 is 10.1 Å². The summed E-state index contributed by atoms with van der Waals surface area (Å²) in [5, 5.41) is 3.35. The Morgan fingerprint density at radius 3 is 3.06 bits per heavy atom. The molecule has 2 rings (SSSR count). The molecule has 0 radical (unpaired) electrons. The Morgan fingerprint density at radius 1 is 1.47 bits per heavy atom. The van der Waals surface area contributed by atoms with Crippen molar-refractivity contribution in [1.82, 2.24) is 5.32 Å². The minimum absolute atomic E-state index is 0.326. The Morgan fingerprint density at radius 2 is 2.35 bits per heavy atom. The Balaban J connectivity index is 1.95. The van der Waals surface area contributed by atoms with E-state index in [0.717, 1.165) is 35.3 Å². The van der Waals surface area contributed by atoms with E-state index in [9.17, 15) is 0 Å². The molecule has 0 saturated carbocycles. The lowest BCUT2D eigenvalue weighted by Crippen LogP contribution is -2.35. The van der Waals surface area contributed by atoms with Gasteiger partial charge in [0.05, 0.1) is 19.8 Å². The fraction of sp³-hybridized carbons (Fsp3) is 0.538. The predicted octanol–water partition coefficient (Wildman–Crippen LogP) is 2.73. The van der Waals surface area contributed by atoms with Gasteiger partial charge in [-0.3, -0.25) is 0 Å². The number of methoxy groups -OCH3 is 1. The number of rotatable bonds is 4. The topological polar surface area (TPSA) is 30.5 Å². The molecule has 1 aromatic rings. The highest BCUT2D eigenvalue weighted by atomic mass is 79.9. The van der Waals surface area contributed by atoms with E-state index in [1.165, 1.54) is 6.42 Å². The van der Waals surface area contributed by atoms with Gasteiger partial charge in [-0.05, 0) is 37.6 Å². The van der Waals surface area contributed by atoms with E-state index in [1.54, 1.807) is 7.11 Å². The van der Waals surface area contributed by atoms with Crippen LogP contribution in [-0.4, -0.2) is 26.3 Å². The summed E-state index contributed by atoms with van der Waals surface area (Å²) in [5.41, 5.74) is 1.09. The fourth-order valence-corrected chi connectivity index (χ4v) is 2.44. The zero-order valence-corrected chi connectivity index (χ0v) is 11.6. The van der Waals surface area contributed by atoms with Crippen molar-refractivity contribution in [2.45, 2.75) is 25.6 Å². The Kier molecular flexibility index (Phi) is 4.83. The maximum Gasteiger partial charge on any atom is 0.124 e. The highest BCUT2D eigenvalue weighted by molar-refractivity contribution is 9.10. The number of benzene rings is 1. The molecule has 94 valence electrons. The normalized spacial score (nSPS) is 20.2. The van der Waals surface area contributed by atoms with Crippen LogP contribution in [0.4, 0.5) is 0 Å². The Bertz CT molecular complexity index is 364. The smallest absolute Gasteiger partial charge is 0.124 e. The summed E-state index contributed by atoms with van der Waals surface area (Å²) < 4.78 is 12.3. The van der Waals surface area contributed by atoms with Crippen molar-refractivity contribution in [2.75, 3.05) is 20.2 Å². The van der Waals surface area contributed by atoms with Gasteiger partial charge in [0.15, 0.2) is 0 Å². The molecule has 0 aromatic heterocycles. The SMILES string of the molecule is COc1ccc(Br)cc1CO[C@H]1CCCNC1. The van der Waals surface area contributed by atoms with Crippen molar-refractivity contribution in [2.24, 2.45) is 0 Å². The van der Waals surface area contributed by atoms with E-state index in [2.05, 4.69) is 27.3 Å². The quantitative estimate of drug-likeness (QED) is 0.927. The van der Waals surface area contributed by atoms with Crippen molar-refractivity contribution >= 4 is 15.9 Å². The standard InChI is InChI=1S/C13H18BrNO2/c1-16-13-5-4-11(14)7-10(13)9-17-12-3-2-6-15-8-12/h4-5,7,12,15H,2-3,6,8-9H2,1H3/t12-/m0/s1. The van der Waals surface area contributed by atoms with Gasteiger partial charge in [-0.25, -0.2) is 0 Å². The summed E-state index contributed by atoms with van der Waals surface area (Å²) in [6, 6.07) is 5.99. The van der Waals surface area contributed by atoms with Crippen LogP contribution in [-0.2, 0) is 11.3 Å². The summed E-state index contributed by atoms with van der Waals surface area (Å²) in [6.07, 6.45) is 2.66. The monoisotopic (exact) mass is 299 g/mol. The van der Waals surface area contributed by atoms with Gasteiger partial charge in [-0.2, -0.15) is 0 Å². The Hall–Kier alpha value is -0.580. The third kappa shape index (κ3) is 3.69. The van der Waals surface area contributed by atoms with Gasteiger partial charge >= 0.3 is 0 Å². The highest BCUT2D eigenvalue weighted by Gasteiger charge is 2.14. The maximum absolute atomic E-state index is 5.90. The number of halogens is 1. The first kappa shape index (κ1) is 12.9. The van der Waals surface area contributed by atoms with Crippen LogP contribution in [0.2, 0.25) is 0 Å². The molecule has 0 amide bonds. The van der Waals surface area contributed by atoms with Gasteiger partial charge in [-0.15, -0.1) is 0 Å². The summed E-state index contributed by atoms with van der Waals surface area (Å²) in [7, 11) is 1.69. The van der Waals surface area contributed by atoms with Gasteiger partial charge in [-0.1, -0.05) is 15.9 Å². The second kappa shape index (κ2) is 6.38. The number of nitrogens with one attached hydrogen (secondary N) is 1. The van der Waals surface area contributed by atoms with Crippen LogP contribution in [0.25, 0.3) is 0 Å². The zero-order valence-electron chi connectivity index (χ0n) is 10.0. The average molecular weight is 300 g/mol.